The highest BCUT2D eigenvalue weighted by molar-refractivity contribution is 6.74. The third-order valence-corrected chi connectivity index (χ3v) is 8.83. The SMILES string of the molecule is CC(C)(C)[Si](C)(C)O[C@]1(C)CCCC2=C1O2. The van der Waals surface area contributed by atoms with Crippen LogP contribution >= 0.6 is 0 Å². The minimum atomic E-state index is -1.69. The Balaban J connectivity index is 2.15. The summed E-state index contributed by atoms with van der Waals surface area (Å²) in [6, 6.07) is 0. The molecule has 0 aromatic rings. The summed E-state index contributed by atoms with van der Waals surface area (Å²) in [6.45, 7) is 13.7. The topological polar surface area (TPSA) is 21.8 Å². The van der Waals surface area contributed by atoms with Gasteiger partial charge in [-0.15, -0.1) is 0 Å². The number of hydrogen-bond acceptors (Lipinski definition) is 2. The second kappa shape index (κ2) is 3.36. The molecule has 2 rings (SSSR count). The van der Waals surface area contributed by atoms with Crippen molar-refractivity contribution in [3.05, 3.63) is 11.5 Å². The maximum absolute atomic E-state index is 6.54. The Morgan fingerprint density at radius 2 is 1.94 bits per heavy atom. The lowest BCUT2D eigenvalue weighted by Gasteiger charge is -2.43. The summed E-state index contributed by atoms with van der Waals surface area (Å²) in [5, 5.41) is 0.267. The van der Waals surface area contributed by atoms with Crippen molar-refractivity contribution in [3.8, 4) is 0 Å². The molecule has 0 N–H and O–H groups in total. The zero-order chi connectivity index (χ0) is 12.2. The van der Waals surface area contributed by atoms with Gasteiger partial charge in [0, 0.05) is 6.42 Å². The third-order valence-electron chi connectivity index (χ3n) is 4.26. The average Bonchev–Trinajstić information content (AvgIpc) is 2.80. The van der Waals surface area contributed by atoms with E-state index in [9.17, 15) is 0 Å². The number of rotatable bonds is 2. The highest BCUT2D eigenvalue weighted by Gasteiger charge is 2.51. The predicted molar refractivity (Wildman–Crippen MR) is 68.6 cm³/mol. The Morgan fingerprint density at radius 3 is 2.50 bits per heavy atom. The van der Waals surface area contributed by atoms with Crippen molar-refractivity contribution in [2.45, 2.75) is 70.7 Å². The highest BCUT2D eigenvalue weighted by atomic mass is 28.4. The maximum atomic E-state index is 6.54. The van der Waals surface area contributed by atoms with Gasteiger partial charge in [-0.2, -0.15) is 0 Å². The van der Waals surface area contributed by atoms with Crippen LogP contribution in [0.2, 0.25) is 18.1 Å². The van der Waals surface area contributed by atoms with Gasteiger partial charge < -0.3 is 9.16 Å². The zero-order valence-electron chi connectivity index (χ0n) is 11.4. The number of allylic oxidation sites excluding steroid dienone is 1. The molecule has 0 saturated heterocycles. The van der Waals surface area contributed by atoms with Crippen molar-refractivity contribution in [2.75, 3.05) is 0 Å². The lowest BCUT2D eigenvalue weighted by Crippen LogP contribution is -2.48. The summed E-state index contributed by atoms with van der Waals surface area (Å²) in [6.07, 6.45) is 3.42. The molecule has 16 heavy (non-hydrogen) atoms. The second-order valence-corrected chi connectivity index (χ2v) is 11.5. The van der Waals surface area contributed by atoms with Crippen LogP contribution in [0.25, 0.3) is 0 Å². The van der Waals surface area contributed by atoms with Crippen LogP contribution in [-0.4, -0.2) is 13.9 Å². The molecular formula is C13H24O2Si. The van der Waals surface area contributed by atoms with Crippen LogP contribution in [0.5, 0.6) is 0 Å². The van der Waals surface area contributed by atoms with Gasteiger partial charge in [0.2, 0.25) is 0 Å². The predicted octanol–water partition coefficient (Wildman–Crippen LogP) is 4.19. The Morgan fingerprint density at radius 1 is 1.31 bits per heavy atom. The first-order valence-electron chi connectivity index (χ1n) is 6.27. The molecule has 0 bridgehead atoms. The molecule has 0 spiro atoms. The summed E-state index contributed by atoms with van der Waals surface area (Å²) < 4.78 is 12.1. The van der Waals surface area contributed by atoms with Crippen LogP contribution in [0.3, 0.4) is 0 Å². The molecule has 0 aromatic carbocycles. The molecule has 0 fully saturated rings. The first-order chi connectivity index (χ1) is 7.16. The minimum absolute atomic E-state index is 0.128. The van der Waals surface area contributed by atoms with Crippen molar-refractivity contribution in [1.29, 1.82) is 0 Å². The van der Waals surface area contributed by atoms with E-state index in [0.29, 0.717) is 0 Å². The summed E-state index contributed by atoms with van der Waals surface area (Å²) in [5.74, 6) is 2.34. The number of ether oxygens (including phenoxy) is 1. The molecule has 0 amide bonds. The van der Waals surface area contributed by atoms with Gasteiger partial charge in [0.1, 0.15) is 11.4 Å². The van der Waals surface area contributed by atoms with Crippen LogP contribution in [0.1, 0.15) is 47.0 Å². The van der Waals surface area contributed by atoms with E-state index in [1.807, 2.05) is 0 Å². The van der Waals surface area contributed by atoms with E-state index in [1.165, 1.54) is 12.2 Å². The van der Waals surface area contributed by atoms with Gasteiger partial charge >= 0.3 is 0 Å². The molecule has 1 heterocycles. The quantitative estimate of drug-likeness (QED) is 0.675. The summed E-state index contributed by atoms with van der Waals surface area (Å²) >= 11 is 0. The normalized spacial score (nSPS) is 29.9. The Bertz CT molecular complexity index is 338. The van der Waals surface area contributed by atoms with Gasteiger partial charge in [-0.1, -0.05) is 20.8 Å². The fourth-order valence-corrected chi connectivity index (χ4v) is 3.81. The van der Waals surface area contributed by atoms with Crippen molar-refractivity contribution < 1.29 is 9.16 Å². The van der Waals surface area contributed by atoms with E-state index in [2.05, 4.69) is 40.8 Å². The van der Waals surface area contributed by atoms with Gasteiger partial charge in [-0.25, -0.2) is 0 Å². The molecule has 1 atom stereocenters. The Kier molecular flexibility index (Phi) is 2.56. The molecule has 0 radical (unpaired) electrons. The molecule has 2 nitrogen and oxygen atoms in total. The lowest BCUT2D eigenvalue weighted by molar-refractivity contribution is 0.0819. The third kappa shape index (κ3) is 1.95. The van der Waals surface area contributed by atoms with Crippen LogP contribution in [0.4, 0.5) is 0 Å². The molecule has 0 aromatic heterocycles. The van der Waals surface area contributed by atoms with E-state index >= 15 is 0 Å². The van der Waals surface area contributed by atoms with E-state index in [1.54, 1.807) is 0 Å². The van der Waals surface area contributed by atoms with Gasteiger partial charge in [0.15, 0.2) is 14.1 Å². The second-order valence-electron chi connectivity index (χ2n) is 6.80. The highest BCUT2D eigenvalue weighted by Crippen LogP contribution is 2.51. The van der Waals surface area contributed by atoms with Gasteiger partial charge in [0.05, 0.1) is 0 Å². The molecule has 3 heteroatoms. The molecule has 1 aliphatic carbocycles. The van der Waals surface area contributed by atoms with Crippen molar-refractivity contribution in [3.63, 3.8) is 0 Å². The zero-order valence-corrected chi connectivity index (χ0v) is 12.4. The number of hydrogen-bond donors (Lipinski definition) is 0. The summed E-state index contributed by atoms with van der Waals surface area (Å²) in [4.78, 5) is 0. The maximum Gasteiger partial charge on any atom is 0.193 e. The minimum Gasteiger partial charge on any atom is -0.456 e. The molecule has 92 valence electrons. The van der Waals surface area contributed by atoms with Crippen LogP contribution in [-0.2, 0) is 9.16 Å². The van der Waals surface area contributed by atoms with E-state index in [-0.39, 0.29) is 10.6 Å². The largest absolute Gasteiger partial charge is 0.456 e. The van der Waals surface area contributed by atoms with Gasteiger partial charge in [0.25, 0.3) is 0 Å². The van der Waals surface area contributed by atoms with E-state index in [0.717, 1.165) is 18.6 Å². The Labute approximate surface area is 100 Å². The van der Waals surface area contributed by atoms with Crippen molar-refractivity contribution in [2.24, 2.45) is 0 Å². The first-order valence-corrected chi connectivity index (χ1v) is 9.18. The lowest BCUT2D eigenvalue weighted by atomic mass is 9.93. The van der Waals surface area contributed by atoms with E-state index in [4.69, 9.17) is 9.16 Å². The molecule has 2 aliphatic rings. The van der Waals surface area contributed by atoms with Crippen LogP contribution in [0.15, 0.2) is 11.5 Å². The van der Waals surface area contributed by atoms with Crippen LogP contribution < -0.4 is 0 Å². The standard InChI is InChI=1S/C13H24O2Si/c1-12(2,3)16(5,6)15-13(4)9-7-8-10-11(13)14-10/h7-9H2,1-6H3/t13-/m1/s1. The van der Waals surface area contributed by atoms with Crippen molar-refractivity contribution in [1.82, 2.24) is 0 Å². The smallest absolute Gasteiger partial charge is 0.193 e. The monoisotopic (exact) mass is 240 g/mol. The molecular weight excluding hydrogens is 216 g/mol. The van der Waals surface area contributed by atoms with Crippen LogP contribution in [0, 0.1) is 0 Å². The average molecular weight is 240 g/mol. The first kappa shape index (κ1) is 12.2. The van der Waals surface area contributed by atoms with Gasteiger partial charge in [-0.3, -0.25) is 0 Å². The fourth-order valence-electron chi connectivity index (χ4n) is 2.18. The fraction of sp³-hybridized carbons (Fsp3) is 0.846. The van der Waals surface area contributed by atoms with Crippen molar-refractivity contribution >= 4 is 8.32 Å². The Hall–Kier alpha value is -0.283. The van der Waals surface area contributed by atoms with E-state index < -0.39 is 8.32 Å². The molecule has 0 saturated carbocycles. The van der Waals surface area contributed by atoms with Gasteiger partial charge in [-0.05, 0) is 37.9 Å². The summed E-state index contributed by atoms with van der Waals surface area (Å²) in [7, 11) is -1.69. The molecule has 1 aliphatic heterocycles. The molecule has 0 unspecified atom stereocenters. The summed E-state index contributed by atoms with van der Waals surface area (Å²) in [5.41, 5.74) is -0.128.